The van der Waals surface area contributed by atoms with Crippen molar-refractivity contribution in [3.05, 3.63) is 88.7 Å². The first kappa shape index (κ1) is 35.8. The number of hydrogen-bond donors (Lipinski definition) is 2. The molecule has 0 aliphatic rings. The molecule has 1 aromatic heterocycles. The minimum atomic E-state index is -4.85. The predicted molar refractivity (Wildman–Crippen MR) is 170 cm³/mol. The molecule has 10 nitrogen and oxygen atoms in total. The molecule has 0 fully saturated rings. The monoisotopic (exact) mass is 667 g/mol. The minimum absolute atomic E-state index is 0.0233. The number of rotatable bonds is 10. The van der Waals surface area contributed by atoms with Gasteiger partial charge < -0.3 is 14.9 Å². The summed E-state index contributed by atoms with van der Waals surface area (Å²) < 4.78 is 42.6. The quantitative estimate of drug-likeness (QED) is 0.137. The van der Waals surface area contributed by atoms with Crippen LogP contribution in [0.5, 0.6) is 5.75 Å². The highest BCUT2D eigenvalue weighted by Gasteiger charge is 2.74. The van der Waals surface area contributed by atoms with Gasteiger partial charge in [0.05, 0.1) is 10.8 Å². The smallest absolute Gasteiger partial charge is 0.480 e. The van der Waals surface area contributed by atoms with Crippen LogP contribution in [-0.2, 0) is 16.1 Å². The van der Waals surface area contributed by atoms with E-state index in [9.17, 15) is 42.6 Å². The number of alkyl halides is 3. The van der Waals surface area contributed by atoms with Gasteiger partial charge in [0.2, 0.25) is 0 Å². The second-order valence-electron chi connectivity index (χ2n) is 13.6. The first-order chi connectivity index (χ1) is 22.2. The van der Waals surface area contributed by atoms with Crippen LogP contribution in [0.25, 0.3) is 22.0 Å². The molecule has 0 unspecified atom stereocenters. The largest absolute Gasteiger partial charge is 0.573 e. The number of carboxylic acids is 2. The molecule has 254 valence electrons. The summed E-state index contributed by atoms with van der Waals surface area (Å²) >= 11 is 0. The highest BCUT2D eigenvalue weighted by atomic mass is 19.4. The zero-order valence-corrected chi connectivity index (χ0v) is 27.3. The molecule has 3 aromatic carbocycles. The van der Waals surface area contributed by atoms with E-state index in [0.29, 0.717) is 16.6 Å². The van der Waals surface area contributed by atoms with Crippen LogP contribution in [0, 0.1) is 21.7 Å². The fraction of sp³-hybridized carbons (Fsp3) is 0.371. The molecule has 0 saturated heterocycles. The Kier molecular flexibility index (Phi) is 9.33. The van der Waals surface area contributed by atoms with Crippen molar-refractivity contribution in [2.75, 3.05) is 0 Å². The van der Waals surface area contributed by atoms with Crippen molar-refractivity contribution in [1.29, 1.82) is 0 Å². The Morgan fingerprint density at radius 1 is 0.771 bits per heavy atom. The molecular weight excluding hydrogens is 631 g/mol. The van der Waals surface area contributed by atoms with Crippen LogP contribution in [0.3, 0.4) is 0 Å². The first-order valence-electron chi connectivity index (χ1n) is 15.0. The van der Waals surface area contributed by atoms with Gasteiger partial charge in [-0.05, 0) is 52.6 Å². The fourth-order valence-corrected chi connectivity index (χ4v) is 7.42. The van der Waals surface area contributed by atoms with Gasteiger partial charge in [0.25, 0.3) is 5.56 Å². The van der Waals surface area contributed by atoms with Crippen LogP contribution in [0.1, 0.15) is 58.3 Å². The van der Waals surface area contributed by atoms with Gasteiger partial charge >= 0.3 is 18.3 Å². The van der Waals surface area contributed by atoms with E-state index in [-0.39, 0.29) is 10.9 Å². The Balaban J connectivity index is 1.85. The second-order valence-corrected chi connectivity index (χ2v) is 13.6. The number of carbonyl (C=O) groups excluding carboxylic acids is 1. The lowest BCUT2D eigenvalue weighted by atomic mass is 9.40. The summed E-state index contributed by atoms with van der Waals surface area (Å²) in [5.41, 5.74) is -6.75. The van der Waals surface area contributed by atoms with E-state index < -0.39 is 70.0 Å². The topological polar surface area (TPSA) is 149 Å². The fourth-order valence-electron chi connectivity index (χ4n) is 7.42. The Morgan fingerprint density at radius 2 is 1.27 bits per heavy atom. The van der Waals surface area contributed by atoms with Gasteiger partial charge in [-0.25, -0.2) is 4.68 Å². The number of ketones is 1. The van der Waals surface area contributed by atoms with Crippen LogP contribution in [0.2, 0.25) is 0 Å². The summed E-state index contributed by atoms with van der Waals surface area (Å²) in [4.78, 5) is 55.1. The van der Waals surface area contributed by atoms with E-state index in [1.165, 1.54) is 42.5 Å². The van der Waals surface area contributed by atoms with E-state index in [4.69, 9.17) is 0 Å². The van der Waals surface area contributed by atoms with Crippen molar-refractivity contribution < 1.29 is 42.5 Å². The molecule has 4 aromatic rings. The summed E-state index contributed by atoms with van der Waals surface area (Å²) in [5, 5.41) is 30.0. The molecule has 0 amide bonds. The molecule has 4 rings (SSSR count). The molecule has 0 spiro atoms. The van der Waals surface area contributed by atoms with Gasteiger partial charge in [-0.15, -0.1) is 18.3 Å². The number of carbonyl (C=O) groups is 3. The predicted octanol–water partition coefficient (Wildman–Crippen LogP) is 6.86. The van der Waals surface area contributed by atoms with Gasteiger partial charge in [0.15, 0.2) is 11.2 Å². The minimum Gasteiger partial charge on any atom is -0.480 e. The summed E-state index contributed by atoms with van der Waals surface area (Å²) in [6, 6.07) is 17.4. The molecule has 0 aliphatic carbocycles. The van der Waals surface area contributed by atoms with Crippen molar-refractivity contribution in [3.8, 4) is 16.9 Å². The molecule has 1 heterocycles. The molecule has 0 atom stereocenters. The van der Waals surface area contributed by atoms with Gasteiger partial charge in [0, 0.05) is 12.1 Å². The first-order valence-corrected chi connectivity index (χ1v) is 15.0. The third-order valence-corrected chi connectivity index (χ3v) is 8.86. The number of nitrogens with zero attached hydrogens (tertiary/aromatic N) is 3. The average molecular weight is 668 g/mol. The van der Waals surface area contributed by atoms with Gasteiger partial charge in [-0.3, -0.25) is 19.2 Å². The van der Waals surface area contributed by atoms with Crippen LogP contribution in [0.4, 0.5) is 13.2 Å². The number of benzene rings is 3. The number of halogens is 3. The zero-order chi connectivity index (χ0) is 35.9. The second kappa shape index (κ2) is 12.5. The van der Waals surface area contributed by atoms with Crippen molar-refractivity contribution in [2.45, 2.75) is 60.9 Å². The highest BCUT2D eigenvalue weighted by molar-refractivity contribution is 6.11. The van der Waals surface area contributed by atoms with Crippen molar-refractivity contribution >= 4 is 28.6 Å². The molecule has 13 heteroatoms. The number of Topliss-reactive ketones (excluding diaryl/α,β-unsaturated/α-hetero) is 1. The lowest BCUT2D eigenvalue weighted by Gasteiger charge is -2.59. The Hall–Kier alpha value is -5.07. The van der Waals surface area contributed by atoms with E-state index in [2.05, 4.69) is 15.0 Å². The molecule has 0 bridgehead atoms. The van der Waals surface area contributed by atoms with Crippen LogP contribution in [0.15, 0.2) is 77.6 Å². The Morgan fingerprint density at radius 3 is 1.75 bits per heavy atom. The molecule has 48 heavy (non-hydrogen) atoms. The molecule has 0 radical (unpaired) electrons. The maximum absolute atomic E-state index is 14.9. The highest BCUT2D eigenvalue weighted by Crippen LogP contribution is 2.64. The van der Waals surface area contributed by atoms with Gasteiger partial charge in [-0.2, -0.15) is 0 Å². The van der Waals surface area contributed by atoms with Gasteiger partial charge in [-0.1, -0.05) is 95.3 Å². The van der Waals surface area contributed by atoms with Crippen LogP contribution in [-0.4, -0.2) is 49.3 Å². The van der Waals surface area contributed by atoms with Crippen molar-refractivity contribution in [3.63, 3.8) is 0 Å². The third kappa shape index (κ3) is 6.16. The number of hydrogen-bond acceptors (Lipinski definition) is 7. The van der Waals surface area contributed by atoms with Gasteiger partial charge in [0.1, 0.15) is 11.3 Å². The van der Waals surface area contributed by atoms with E-state index in [1.807, 2.05) is 0 Å². The number of carboxylic acid groups (broad SMARTS) is 2. The lowest BCUT2D eigenvalue weighted by molar-refractivity contribution is -0.274. The van der Waals surface area contributed by atoms with E-state index in [0.717, 1.165) is 16.8 Å². The average Bonchev–Trinajstić information content (AvgIpc) is 2.98. The lowest BCUT2D eigenvalue weighted by Crippen LogP contribution is -2.68. The standard InChI is InChI=1S/C35H36F3N3O7/c1-31(2,3)34(32(4,5)6,27(42)23-13-11-21(12-14-23)22-15-17-24(18-16-22)48-35(36,37)38)33(29(44)45,30(46)47)19-20-41-28(43)25-9-7-8-10-26(25)39-40-41/h7-18H,19-20H2,1-6H3,(H,44,45)(H,46,47). The normalized spacial score (nSPS) is 12.9. The zero-order valence-electron chi connectivity index (χ0n) is 27.3. The molecular formula is C35H36F3N3O7. The Bertz CT molecular complexity index is 1880. The Labute approximate surface area is 274 Å². The van der Waals surface area contributed by atoms with Crippen LogP contribution < -0.4 is 10.3 Å². The van der Waals surface area contributed by atoms with Crippen molar-refractivity contribution in [2.24, 2.45) is 21.7 Å². The SMILES string of the molecule is CC(C)(C)C(C(=O)c1ccc(-c2ccc(OC(F)(F)F)cc2)cc1)(C(C)(C)C)C(CCn1nnc2ccccc2c1=O)(C(=O)O)C(=O)O. The summed E-state index contributed by atoms with van der Waals surface area (Å²) in [5.74, 6) is -4.67. The number of aliphatic carboxylic acids is 2. The summed E-state index contributed by atoms with van der Waals surface area (Å²) in [7, 11) is 0. The van der Waals surface area contributed by atoms with E-state index in [1.54, 1.807) is 59.7 Å². The number of fused-ring (bicyclic) bond motifs is 1. The number of aromatic nitrogens is 3. The maximum Gasteiger partial charge on any atom is 0.573 e. The molecule has 2 N–H and O–H groups in total. The van der Waals surface area contributed by atoms with Crippen LogP contribution >= 0.6 is 0 Å². The number of ether oxygens (including phenoxy) is 1. The van der Waals surface area contributed by atoms with Crippen molar-refractivity contribution in [1.82, 2.24) is 15.0 Å². The van der Waals surface area contributed by atoms with E-state index >= 15 is 0 Å². The summed E-state index contributed by atoms with van der Waals surface area (Å²) in [6.45, 7) is 9.18. The third-order valence-electron chi connectivity index (χ3n) is 8.86. The number of aryl methyl sites for hydroxylation is 1. The molecule has 0 aliphatic heterocycles. The molecule has 0 saturated carbocycles. The maximum atomic E-state index is 14.9. The summed E-state index contributed by atoms with van der Waals surface area (Å²) in [6.07, 6.45) is -5.54.